The van der Waals surface area contributed by atoms with E-state index in [0.717, 1.165) is 0 Å². The molecule has 1 amide bonds. The molecule has 3 aliphatic rings. The number of hydrogen-bond donors (Lipinski definition) is 1. The Kier molecular flexibility index (Phi) is 5.32. The predicted molar refractivity (Wildman–Crippen MR) is 122 cm³/mol. The van der Waals surface area contributed by atoms with Gasteiger partial charge in [0.2, 0.25) is 8.32 Å². The largest absolute Gasteiger partial charge is 0.547 e. The van der Waals surface area contributed by atoms with E-state index in [4.69, 9.17) is 18.0 Å². The maximum atomic E-state index is 13.7. The first-order valence-corrected chi connectivity index (χ1v) is 17.8. The predicted octanol–water partition coefficient (Wildman–Crippen LogP) is 2.75. The molecule has 10 heteroatoms. The number of aliphatic hydroxyl groups excluding tert-OH is 1. The van der Waals surface area contributed by atoms with Gasteiger partial charge in [-0.1, -0.05) is 0 Å². The maximum Gasteiger partial charge on any atom is 0.320 e. The van der Waals surface area contributed by atoms with Gasteiger partial charge in [0.1, 0.15) is 11.3 Å². The molecule has 0 aromatic carbocycles. The maximum absolute atomic E-state index is 13.7. The summed E-state index contributed by atoms with van der Waals surface area (Å²) in [6, 6.07) is 1.80. The lowest BCUT2D eigenvalue weighted by atomic mass is 9.57. The number of fused-ring (bicyclic) bond motifs is 1. The number of hydrogen-bond acceptors (Lipinski definition) is 7. The Hall–Kier alpha value is -1.89. The molecular weight excluding hydrogens is 446 g/mol. The highest BCUT2D eigenvalue weighted by Gasteiger charge is 2.79. The van der Waals surface area contributed by atoms with E-state index in [-0.39, 0.29) is 6.42 Å². The van der Waals surface area contributed by atoms with Gasteiger partial charge in [-0.2, -0.15) is 0 Å². The van der Waals surface area contributed by atoms with Gasteiger partial charge in [0.15, 0.2) is 19.8 Å². The Morgan fingerprint density at radius 1 is 1.22 bits per heavy atom. The molecule has 0 radical (unpaired) electrons. The summed E-state index contributed by atoms with van der Waals surface area (Å²) in [6.45, 7) is 12.6. The number of esters is 1. The number of ether oxygens (including phenoxy) is 1. The topological polar surface area (TPSA) is 98.4 Å². The molecular formula is C22H33NO7Si2. The molecule has 1 fully saturated rings. The van der Waals surface area contributed by atoms with E-state index < -0.39 is 51.7 Å². The van der Waals surface area contributed by atoms with Crippen molar-refractivity contribution in [2.45, 2.75) is 69.9 Å². The zero-order valence-electron chi connectivity index (χ0n) is 19.9. The van der Waals surface area contributed by atoms with Crippen molar-refractivity contribution in [3.63, 3.8) is 0 Å². The fourth-order valence-corrected chi connectivity index (χ4v) is 7.58. The quantitative estimate of drug-likeness (QED) is 0.512. The number of carbonyl (C=O) groups is 2. The Bertz CT molecular complexity index is 976. The highest BCUT2D eigenvalue weighted by atomic mass is 28.4. The average Bonchev–Trinajstić information content (AvgIpc) is 3.20. The van der Waals surface area contributed by atoms with Crippen molar-refractivity contribution < 1.29 is 32.7 Å². The van der Waals surface area contributed by atoms with E-state index in [1.807, 2.05) is 19.6 Å². The van der Waals surface area contributed by atoms with Crippen molar-refractivity contribution in [1.82, 2.24) is 4.90 Å². The lowest BCUT2D eigenvalue weighted by Crippen LogP contribution is -2.67. The van der Waals surface area contributed by atoms with Crippen molar-refractivity contribution in [2.75, 3.05) is 13.7 Å². The Balaban J connectivity index is 2.05. The molecule has 1 N–H and O–H groups in total. The summed E-state index contributed by atoms with van der Waals surface area (Å²) in [6.07, 6.45) is 1.62. The van der Waals surface area contributed by atoms with Gasteiger partial charge in [0.05, 0.1) is 25.2 Å². The van der Waals surface area contributed by atoms with E-state index >= 15 is 0 Å². The van der Waals surface area contributed by atoms with Gasteiger partial charge >= 0.3 is 5.97 Å². The molecule has 0 unspecified atom stereocenters. The van der Waals surface area contributed by atoms with Gasteiger partial charge in [-0.25, -0.2) is 0 Å². The number of nitrogens with zero attached hydrogens (tertiary/aromatic N) is 1. The van der Waals surface area contributed by atoms with Crippen molar-refractivity contribution in [2.24, 2.45) is 5.41 Å². The number of carbonyl (C=O) groups excluding carboxylic acids is 2. The highest BCUT2D eigenvalue weighted by Crippen LogP contribution is 2.63. The second kappa shape index (κ2) is 7.31. The molecule has 8 nitrogen and oxygen atoms in total. The minimum atomic E-state index is -2.25. The van der Waals surface area contributed by atoms with Crippen molar-refractivity contribution in [3.05, 3.63) is 35.5 Å². The third-order valence-corrected chi connectivity index (χ3v) is 8.32. The fourth-order valence-electron chi connectivity index (χ4n) is 5.64. The fraction of sp³-hybridized carbons (Fsp3) is 0.636. The van der Waals surface area contributed by atoms with Gasteiger partial charge in [-0.05, 0) is 51.4 Å². The Morgan fingerprint density at radius 2 is 1.91 bits per heavy atom. The molecule has 2 aliphatic heterocycles. The lowest BCUT2D eigenvalue weighted by Gasteiger charge is -2.55. The van der Waals surface area contributed by atoms with Gasteiger partial charge in [0.25, 0.3) is 5.91 Å². The highest BCUT2D eigenvalue weighted by molar-refractivity contribution is 6.70. The van der Waals surface area contributed by atoms with Gasteiger partial charge in [-0.15, -0.1) is 0 Å². The summed E-state index contributed by atoms with van der Waals surface area (Å²) >= 11 is 0. The summed E-state index contributed by atoms with van der Waals surface area (Å²) in [7, 11) is -2.99. The number of amides is 1. The first kappa shape index (κ1) is 23.3. The summed E-state index contributed by atoms with van der Waals surface area (Å²) < 4.78 is 24.0. The van der Waals surface area contributed by atoms with Gasteiger partial charge in [0, 0.05) is 24.9 Å². The van der Waals surface area contributed by atoms with Crippen LogP contribution in [0.3, 0.4) is 0 Å². The number of furan rings is 1. The van der Waals surface area contributed by atoms with Crippen LogP contribution in [0.15, 0.2) is 28.6 Å². The average molecular weight is 480 g/mol. The molecule has 4 rings (SSSR count). The van der Waals surface area contributed by atoms with Crippen LogP contribution in [0.25, 0.3) is 0 Å². The molecule has 1 aliphatic carbocycles. The van der Waals surface area contributed by atoms with Gasteiger partial charge in [-0.3, -0.25) is 9.59 Å². The zero-order chi connectivity index (χ0) is 23.7. The van der Waals surface area contributed by atoms with E-state index in [1.165, 1.54) is 7.11 Å². The van der Waals surface area contributed by atoms with Crippen LogP contribution >= 0.6 is 0 Å². The van der Waals surface area contributed by atoms with Crippen LogP contribution < -0.4 is 0 Å². The standard InChI is InChI=1S/C22H33NO7Si2/c1-27-20(26)22-17(30-32(5,6)7)12-14(29-31(2,3)4)13-21(22)15-9-11-28-16(15)8-10-23(21)19(25)18(22)24/h9,11-12,17-18,24H,8,10,13H2,1-7H3/t17-,18+,21+,22-/m0/s1. The number of methoxy groups -OCH3 is 1. The van der Waals surface area contributed by atoms with Crippen LogP contribution in [-0.2, 0) is 35.1 Å². The molecule has 4 atom stereocenters. The molecule has 176 valence electrons. The SMILES string of the molecule is COC(=O)[C@@]12[C@@H](O[Si](C)(C)C)C=C(O[Si](C)(C)C)C[C@@]13c1ccoc1CCN3C(=O)[C@H]2O. The molecule has 32 heavy (non-hydrogen) atoms. The van der Waals surface area contributed by atoms with Crippen molar-refractivity contribution in [3.8, 4) is 0 Å². The third kappa shape index (κ3) is 3.14. The van der Waals surface area contributed by atoms with E-state index in [0.29, 0.717) is 30.0 Å². The minimum absolute atomic E-state index is 0.243. The first-order valence-electron chi connectivity index (χ1n) is 11.0. The van der Waals surface area contributed by atoms with E-state index in [2.05, 4.69) is 19.6 Å². The summed E-state index contributed by atoms with van der Waals surface area (Å²) in [5.74, 6) is 0.223. The van der Waals surface area contributed by atoms with Crippen LogP contribution in [0.2, 0.25) is 39.3 Å². The molecule has 1 aromatic heterocycles. The van der Waals surface area contributed by atoms with Crippen LogP contribution in [0, 0.1) is 5.41 Å². The molecule has 1 aromatic rings. The molecule has 0 saturated carbocycles. The summed E-state index contributed by atoms with van der Waals surface area (Å²) in [5, 5.41) is 11.5. The number of aliphatic hydroxyl groups is 1. The van der Waals surface area contributed by atoms with Crippen LogP contribution in [-0.4, -0.2) is 64.4 Å². The third-order valence-electron chi connectivity index (χ3n) is 6.49. The Morgan fingerprint density at radius 3 is 2.50 bits per heavy atom. The first-order chi connectivity index (χ1) is 14.8. The summed E-state index contributed by atoms with van der Waals surface area (Å²) in [4.78, 5) is 28.8. The smallest absolute Gasteiger partial charge is 0.320 e. The minimum Gasteiger partial charge on any atom is -0.547 e. The van der Waals surface area contributed by atoms with Crippen LogP contribution in [0.5, 0.6) is 0 Å². The summed E-state index contributed by atoms with van der Waals surface area (Å²) in [5.41, 5.74) is -2.18. The van der Waals surface area contributed by atoms with Crippen LogP contribution in [0.1, 0.15) is 17.7 Å². The second-order valence-electron chi connectivity index (χ2n) is 10.8. The lowest BCUT2D eigenvalue weighted by molar-refractivity contribution is -0.180. The van der Waals surface area contributed by atoms with E-state index in [9.17, 15) is 14.7 Å². The molecule has 1 saturated heterocycles. The van der Waals surface area contributed by atoms with E-state index in [1.54, 1.807) is 23.3 Å². The monoisotopic (exact) mass is 479 g/mol. The van der Waals surface area contributed by atoms with Crippen LogP contribution in [0.4, 0.5) is 0 Å². The Labute approximate surface area is 190 Å². The van der Waals surface area contributed by atoms with Gasteiger partial charge < -0.3 is 28.0 Å². The van der Waals surface area contributed by atoms with Crippen molar-refractivity contribution in [1.29, 1.82) is 0 Å². The number of rotatable bonds is 5. The molecule has 3 heterocycles. The second-order valence-corrected chi connectivity index (χ2v) is 19.7. The molecule has 1 spiro atoms. The molecule has 0 bridgehead atoms. The van der Waals surface area contributed by atoms with Crippen molar-refractivity contribution >= 4 is 28.5 Å². The zero-order valence-corrected chi connectivity index (χ0v) is 21.9. The normalized spacial score (nSPS) is 32.1.